The number of nitrogens with zero attached hydrogens (tertiary/aromatic N) is 3. The maximum Gasteiger partial charge on any atom is 0.433 e. The van der Waals surface area contributed by atoms with Gasteiger partial charge in [-0.05, 0) is 74.6 Å². The second-order valence-electron chi connectivity index (χ2n) is 11.7. The number of hydrogen-bond acceptors (Lipinski definition) is 3. The number of aromatic nitrogens is 2. The lowest BCUT2D eigenvalue weighted by atomic mass is 9.74. The van der Waals surface area contributed by atoms with E-state index in [1.807, 2.05) is 27.7 Å². The first-order valence-corrected chi connectivity index (χ1v) is 13.3. The lowest BCUT2D eigenvalue weighted by molar-refractivity contribution is -0.152. The Morgan fingerprint density at radius 1 is 1.16 bits per heavy atom. The van der Waals surface area contributed by atoms with Crippen LogP contribution < -0.4 is 0 Å². The Kier molecular flexibility index (Phi) is 8.83. The topological polar surface area (TPSA) is 75.4 Å². The minimum Gasteiger partial charge on any atom is -0.481 e. The molecule has 0 unspecified atom stereocenters. The van der Waals surface area contributed by atoms with E-state index in [9.17, 15) is 27.9 Å². The third-order valence-corrected chi connectivity index (χ3v) is 7.76. The van der Waals surface area contributed by atoms with Crippen LogP contribution in [0.4, 0.5) is 13.2 Å². The molecule has 6 nitrogen and oxygen atoms in total. The lowest BCUT2D eigenvalue weighted by Crippen LogP contribution is -2.40. The number of aliphatic carboxylic acids is 1. The van der Waals surface area contributed by atoms with Crippen molar-refractivity contribution in [3.63, 3.8) is 0 Å². The van der Waals surface area contributed by atoms with Crippen molar-refractivity contribution < 1.29 is 27.9 Å². The maximum atomic E-state index is 14.4. The molecule has 0 spiro atoms. The molecule has 210 valence electrons. The Labute approximate surface area is 231 Å². The summed E-state index contributed by atoms with van der Waals surface area (Å²) in [7, 11) is 0. The van der Waals surface area contributed by atoms with Gasteiger partial charge in [0.1, 0.15) is 0 Å². The molecule has 0 atom stereocenters. The third kappa shape index (κ3) is 6.84. The highest BCUT2D eigenvalue weighted by Crippen LogP contribution is 2.43. The molecule has 0 saturated heterocycles. The molecular weight excluding hydrogens is 542 g/mol. The predicted molar refractivity (Wildman–Crippen MR) is 141 cm³/mol. The first kappa shape index (κ1) is 30.3. The van der Waals surface area contributed by atoms with Gasteiger partial charge in [0.25, 0.3) is 5.91 Å². The number of carboxylic acids is 1. The minimum atomic E-state index is -4.83. The fourth-order valence-corrected chi connectivity index (χ4v) is 5.77. The first-order valence-electron chi connectivity index (χ1n) is 12.5. The van der Waals surface area contributed by atoms with Crippen molar-refractivity contribution in [1.29, 1.82) is 0 Å². The average molecular weight is 576 g/mol. The smallest absolute Gasteiger partial charge is 0.433 e. The predicted octanol–water partition coefficient (Wildman–Crippen LogP) is 7.45. The lowest BCUT2D eigenvalue weighted by Gasteiger charge is -2.34. The van der Waals surface area contributed by atoms with Gasteiger partial charge in [-0.3, -0.25) is 14.3 Å². The molecule has 1 heterocycles. The van der Waals surface area contributed by atoms with Gasteiger partial charge in [0.15, 0.2) is 5.69 Å². The van der Waals surface area contributed by atoms with Crippen LogP contribution in [-0.4, -0.2) is 44.8 Å². The molecule has 1 fully saturated rings. The van der Waals surface area contributed by atoms with E-state index in [0.717, 1.165) is 16.4 Å². The number of carbonyl (C=O) groups excluding carboxylic acids is 1. The number of benzene rings is 1. The monoisotopic (exact) mass is 575 g/mol. The van der Waals surface area contributed by atoms with Crippen LogP contribution in [0, 0.1) is 17.8 Å². The van der Waals surface area contributed by atoms with Crippen molar-refractivity contribution in [3.05, 3.63) is 50.8 Å². The Morgan fingerprint density at radius 2 is 1.71 bits per heavy atom. The van der Waals surface area contributed by atoms with Crippen molar-refractivity contribution in [3.8, 4) is 0 Å². The Bertz CT molecular complexity index is 1170. The normalized spacial score (nSPS) is 20.4. The van der Waals surface area contributed by atoms with E-state index in [2.05, 4.69) is 5.10 Å². The van der Waals surface area contributed by atoms with Crippen molar-refractivity contribution in [2.75, 3.05) is 13.1 Å². The number of carboxylic acid groups (broad SMARTS) is 1. The van der Waals surface area contributed by atoms with Crippen LogP contribution in [0.25, 0.3) is 0 Å². The molecule has 3 rings (SSSR count). The average Bonchev–Trinajstić information content (AvgIpc) is 3.22. The summed E-state index contributed by atoms with van der Waals surface area (Å²) in [5.74, 6) is -1.74. The summed E-state index contributed by atoms with van der Waals surface area (Å²) in [5, 5.41) is 14.4. The van der Waals surface area contributed by atoms with Crippen molar-refractivity contribution in [2.45, 2.75) is 78.9 Å². The summed E-state index contributed by atoms with van der Waals surface area (Å²) in [6.07, 6.45) is -2.69. The summed E-state index contributed by atoms with van der Waals surface area (Å²) in [6, 6.07) is 2.86. The van der Waals surface area contributed by atoms with E-state index in [1.54, 1.807) is 19.1 Å². The van der Waals surface area contributed by atoms with Gasteiger partial charge in [-0.1, -0.05) is 44.0 Å². The van der Waals surface area contributed by atoms with E-state index in [-0.39, 0.29) is 45.2 Å². The summed E-state index contributed by atoms with van der Waals surface area (Å²) in [5.41, 5.74) is -1.50. The summed E-state index contributed by atoms with van der Waals surface area (Å²) in [4.78, 5) is 26.6. The second kappa shape index (κ2) is 11.1. The zero-order valence-corrected chi connectivity index (χ0v) is 23.8. The standard InChI is InChI=1S/C27H34Cl2F3N3O3/c1-16-12-20(28)18(21(29)13-16)8-11-34(15-25(2,3)4)23(36)19-14-33-35(22(19)27(30,31)32)17-6-9-26(5,10-7-17)24(37)38/h12-14,17H,6-11,15H2,1-5H3,(H,37,38)/t17-,26-. The molecular formula is C27H34Cl2F3N3O3. The zero-order chi connectivity index (χ0) is 28.6. The summed E-state index contributed by atoms with van der Waals surface area (Å²) >= 11 is 12.8. The Hall–Kier alpha value is -2.26. The largest absolute Gasteiger partial charge is 0.481 e. The number of carbonyl (C=O) groups is 2. The van der Waals surface area contributed by atoms with Crippen LogP contribution in [0.15, 0.2) is 18.3 Å². The molecule has 1 aliphatic rings. The van der Waals surface area contributed by atoms with Gasteiger partial charge in [-0.15, -0.1) is 0 Å². The molecule has 0 radical (unpaired) electrons. The fraction of sp³-hybridized carbons (Fsp3) is 0.593. The van der Waals surface area contributed by atoms with E-state index in [4.69, 9.17) is 23.2 Å². The van der Waals surface area contributed by atoms with Gasteiger partial charge in [0.2, 0.25) is 0 Å². The number of aryl methyl sites for hydroxylation is 1. The first-order chi connectivity index (χ1) is 17.4. The SMILES string of the molecule is Cc1cc(Cl)c(CCN(CC(C)(C)C)C(=O)c2cnn([C@H]3CC[C@](C)(C(=O)O)CC3)c2C(F)(F)F)c(Cl)c1. The van der Waals surface area contributed by atoms with Crippen LogP contribution in [-0.2, 0) is 17.4 Å². The van der Waals surface area contributed by atoms with Gasteiger partial charge < -0.3 is 10.0 Å². The van der Waals surface area contributed by atoms with E-state index < -0.39 is 46.2 Å². The van der Waals surface area contributed by atoms with Gasteiger partial charge in [0.05, 0.1) is 23.2 Å². The van der Waals surface area contributed by atoms with E-state index in [1.165, 1.54) is 4.90 Å². The van der Waals surface area contributed by atoms with Crippen molar-refractivity contribution in [2.24, 2.45) is 10.8 Å². The van der Waals surface area contributed by atoms with Crippen LogP contribution in [0.2, 0.25) is 10.0 Å². The van der Waals surface area contributed by atoms with Gasteiger partial charge in [0, 0.05) is 23.1 Å². The molecule has 2 aromatic rings. The van der Waals surface area contributed by atoms with Gasteiger partial charge in [-0.2, -0.15) is 18.3 Å². The molecule has 1 aliphatic carbocycles. The molecule has 1 amide bonds. The molecule has 0 bridgehead atoms. The molecule has 0 aliphatic heterocycles. The van der Waals surface area contributed by atoms with E-state index >= 15 is 0 Å². The van der Waals surface area contributed by atoms with Crippen molar-refractivity contribution in [1.82, 2.24) is 14.7 Å². The number of amides is 1. The molecule has 1 N–H and O–H groups in total. The third-order valence-electron chi connectivity index (χ3n) is 7.08. The molecule has 1 saturated carbocycles. The highest BCUT2D eigenvalue weighted by molar-refractivity contribution is 6.36. The highest BCUT2D eigenvalue weighted by atomic mass is 35.5. The number of rotatable bonds is 7. The van der Waals surface area contributed by atoms with Gasteiger partial charge >= 0.3 is 12.1 Å². The van der Waals surface area contributed by atoms with Crippen LogP contribution in [0.5, 0.6) is 0 Å². The van der Waals surface area contributed by atoms with E-state index in [0.29, 0.717) is 15.6 Å². The number of halogens is 5. The van der Waals surface area contributed by atoms with Crippen LogP contribution in [0.3, 0.4) is 0 Å². The highest BCUT2D eigenvalue weighted by Gasteiger charge is 2.45. The Morgan fingerprint density at radius 3 is 2.18 bits per heavy atom. The minimum absolute atomic E-state index is 0.113. The Balaban J connectivity index is 1.94. The number of alkyl halides is 3. The van der Waals surface area contributed by atoms with Crippen LogP contribution in [0.1, 0.15) is 86.6 Å². The molecule has 11 heteroatoms. The molecule has 38 heavy (non-hydrogen) atoms. The molecule has 1 aromatic carbocycles. The number of hydrogen-bond donors (Lipinski definition) is 1. The summed E-state index contributed by atoms with van der Waals surface area (Å²) in [6.45, 7) is 9.46. The fourth-order valence-electron chi connectivity index (χ4n) is 4.99. The quantitative estimate of drug-likeness (QED) is 0.372. The summed E-state index contributed by atoms with van der Waals surface area (Å²) < 4.78 is 44.0. The maximum absolute atomic E-state index is 14.4. The van der Waals surface area contributed by atoms with Crippen molar-refractivity contribution >= 4 is 35.1 Å². The molecule has 1 aromatic heterocycles. The van der Waals surface area contributed by atoms with Gasteiger partial charge in [-0.25, -0.2) is 0 Å². The van der Waals surface area contributed by atoms with Crippen LogP contribution >= 0.6 is 23.2 Å². The zero-order valence-electron chi connectivity index (χ0n) is 22.3. The second-order valence-corrected chi connectivity index (χ2v) is 12.5.